The number of carbonyl (C=O) groups is 1. The number of hydrogen-bond acceptors (Lipinski definition) is 2. The maximum absolute atomic E-state index is 15.0. The van der Waals surface area contributed by atoms with Crippen molar-refractivity contribution < 1.29 is 9.18 Å². The van der Waals surface area contributed by atoms with E-state index in [4.69, 9.17) is 11.6 Å². The summed E-state index contributed by atoms with van der Waals surface area (Å²) in [4.78, 5) is 18.5. The lowest BCUT2D eigenvalue weighted by molar-refractivity contribution is -0.133. The summed E-state index contributed by atoms with van der Waals surface area (Å²) in [5.41, 5.74) is 4.28. The maximum atomic E-state index is 15.0. The highest BCUT2D eigenvalue weighted by molar-refractivity contribution is 6.31. The molecule has 1 atom stereocenters. The van der Waals surface area contributed by atoms with Crippen molar-refractivity contribution in [3.05, 3.63) is 88.1 Å². The summed E-state index contributed by atoms with van der Waals surface area (Å²) < 4.78 is 16.7. The molecule has 2 aromatic heterocycles. The minimum Gasteiger partial charge on any atom is -0.356 e. The highest BCUT2D eigenvalue weighted by Gasteiger charge is 2.36. The minimum absolute atomic E-state index is 0.0301. The first-order valence-electron chi connectivity index (χ1n) is 10.3. The molecule has 3 heterocycles. The van der Waals surface area contributed by atoms with Crippen molar-refractivity contribution in [2.75, 3.05) is 6.54 Å². The predicted molar refractivity (Wildman–Crippen MR) is 118 cm³/mol. The monoisotopic (exact) mass is 436 g/mol. The van der Waals surface area contributed by atoms with Crippen molar-refractivity contribution in [1.82, 2.24) is 19.7 Å². The van der Waals surface area contributed by atoms with Crippen LogP contribution in [-0.4, -0.2) is 32.1 Å². The van der Waals surface area contributed by atoms with Crippen LogP contribution >= 0.6 is 11.6 Å². The van der Waals surface area contributed by atoms with Gasteiger partial charge in [-0.3, -0.25) is 9.48 Å². The van der Waals surface area contributed by atoms with Crippen molar-refractivity contribution >= 4 is 28.4 Å². The standard InChI is InChI=1S/C24H22ClFN4O/c1-29-14-15(13-27-29)9-10-21(31)30-12-11-17-16-5-2-3-8-20(16)28-23(17)24(30)22-18(25)6-4-7-19(22)26/h2-8,13-14,24,28H,9-12H2,1H3/t24-/m1/s1. The highest BCUT2D eigenvalue weighted by atomic mass is 35.5. The highest BCUT2D eigenvalue weighted by Crippen LogP contribution is 2.41. The van der Waals surface area contributed by atoms with Gasteiger partial charge in [0, 0.05) is 53.4 Å². The van der Waals surface area contributed by atoms with Crippen LogP contribution in [0.25, 0.3) is 10.9 Å². The van der Waals surface area contributed by atoms with Gasteiger partial charge in [-0.15, -0.1) is 0 Å². The summed E-state index contributed by atoms with van der Waals surface area (Å²) in [6.45, 7) is 0.510. The van der Waals surface area contributed by atoms with Crippen LogP contribution in [0.5, 0.6) is 0 Å². The summed E-state index contributed by atoms with van der Waals surface area (Å²) in [7, 11) is 1.85. The number of halogens is 2. The molecule has 0 spiro atoms. The van der Waals surface area contributed by atoms with Crippen molar-refractivity contribution in [3.63, 3.8) is 0 Å². The maximum Gasteiger partial charge on any atom is 0.223 e. The van der Waals surface area contributed by atoms with Crippen LogP contribution in [0.1, 0.15) is 34.8 Å². The first kappa shape index (κ1) is 19.8. The van der Waals surface area contributed by atoms with Crippen LogP contribution in [0.3, 0.4) is 0 Å². The number of benzene rings is 2. The summed E-state index contributed by atoms with van der Waals surface area (Å²) in [6.07, 6.45) is 5.29. The van der Waals surface area contributed by atoms with E-state index in [2.05, 4.69) is 16.1 Å². The largest absolute Gasteiger partial charge is 0.356 e. The number of H-pyrrole nitrogens is 1. The lowest BCUT2D eigenvalue weighted by atomic mass is 9.91. The number of carbonyl (C=O) groups excluding carboxylic acids is 1. The summed E-state index contributed by atoms with van der Waals surface area (Å²) >= 11 is 6.47. The van der Waals surface area contributed by atoms with Crippen LogP contribution in [0.4, 0.5) is 4.39 Å². The van der Waals surface area contributed by atoms with Crippen molar-refractivity contribution in [1.29, 1.82) is 0 Å². The molecule has 158 valence electrons. The van der Waals surface area contributed by atoms with Crippen LogP contribution in [0, 0.1) is 5.82 Å². The molecule has 7 heteroatoms. The van der Waals surface area contributed by atoms with Gasteiger partial charge in [0.2, 0.25) is 5.91 Å². The molecular weight excluding hydrogens is 415 g/mol. The number of nitrogens with zero attached hydrogens (tertiary/aromatic N) is 3. The van der Waals surface area contributed by atoms with E-state index in [1.807, 2.05) is 31.4 Å². The van der Waals surface area contributed by atoms with Crippen LogP contribution < -0.4 is 0 Å². The topological polar surface area (TPSA) is 53.9 Å². The number of aromatic amines is 1. The second-order valence-corrected chi connectivity index (χ2v) is 8.37. The molecule has 1 aliphatic rings. The van der Waals surface area contributed by atoms with Gasteiger partial charge in [-0.25, -0.2) is 4.39 Å². The fraction of sp³-hybridized carbons (Fsp3) is 0.250. The molecule has 1 aliphatic heterocycles. The predicted octanol–water partition coefficient (Wildman–Crippen LogP) is 4.80. The second kappa shape index (κ2) is 7.85. The molecular formula is C24H22ClFN4O. The fourth-order valence-electron chi connectivity index (χ4n) is 4.58. The van der Waals surface area contributed by atoms with E-state index in [-0.39, 0.29) is 5.91 Å². The van der Waals surface area contributed by atoms with E-state index < -0.39 is 11.9 Å². The molecule has 0 aliphatic carbocycles. The number of hydrogen-bond donors (Lipinski definition) is 1. The quantitative estimate of drug-likeness (QED) is 0.499. The smallest absolute Gasteiger partial charge is 0.223 e. The van der Waals surface area contributed by atoms with Crippen LogP contribution in [0.2, 0.25) is 5.02 Å². The average Bonchev–Trinajstić information content (AvgIpc) is 3.35. The van der Waals surface area contributed by atoms with Gasteiger partial charge in [0.1, 0.15) is 11.9 Å². The number of fused-ring (bicyclic) bond motifs is 3. The molecule has 5 rings (SSSR count). The number of para-hydroxylation sites is 1. The first-order chi connectivity index (χ1) is 15.0. The Morgan fingerprint density at radius 2 is 2.10 bits per heavy atom. The van der Waals surface area contributed by atoms with E-state index in [9.17, 15) is 4.79 Å². The molecule has 0 saturated carbocycles. The Morgan fingerprint density at radius 3 is 2.87 bits per heavy atom. The molecule has 0 saturated heterocycles. The first-order valence-corrected chi connectivity index (χ1v) is 10.7. The van der Waals surface area contributed by atoms with Gasteiger partial charge in [0.05, 0.1) is 6.20 Å². The Balaban J connectivity index is 1.56. The van der Waals surface area contributed by atoms with Gasteiger partial charge < -0.3 is 9.88 Å². The molecule has 0 bridgehead atoms. The molecule has 0 radical (unpaired) electrons. The van der Waals surface area contributed by atoms with Gasteiger partial charge in [0.25, 0.3) is 0 Å². The van der Waals surface area contributed by atoms with Crippen LogP contribution in [0.15, 0.2) is 54.9 Å². The van der Waals surface area contributed by atoms with Gasteiger partial charge >= 0.3 is 0 Å². The second-order valence-electron chi connectivity index (χ2n) is 7.96. The number of aryl methyl sites for hydroxylation is 2. The van der Waals surface area contributed by atoms with Gasteiger partial charge in [0.15, 0.2) is 0 Å². The zero-order chi connectivity index (χ0) is 21.5. The molecule has 0 fully saturated rings. The minimum atomic E-state index is -0.591. The summed E-state index contributed by atoms with van der Waals surface area (Å²) in [5, 5.41) is 5.60. The third-order valence-electron chi connectivity index (χ3n) is 6.01. The summed E-state index contributed by atoms with van der Waals surface area (Å²) in [6, 6.07) is 12.1. The Morgan fingerprint density at radius 1 is 1.26 bits per heavy atom. The average molecular weight is 437 g/mol. The Kier molecular flexibility index (Phi) is 5.02. The van der Waals surface area contributed by atoms with Crippen LogP contribution in [-0.2, 0) is 24.7 Å². The third kappa shape index (κ3) is 3.51. The lowest BCUT2D eigenvalue weighted by Crippen LogP contribution is -2.41. The number of rotatable bonds is 4. The van der Waals surface area contributed by atoms with E-state index in [0.717, 1.165) is 27.7 Å². The van der Waals surface area contributed by atoms with Gasteiger partial charge in [-0.05, 0) is 42.2 Å². The normalized spacial score (nSPS) is 16.0. The van der Waals surface area contributed by atoms with Gasteiger partial charge in [-0.1, -0.05) is 35.9 Å². The number of aromatic nitrogens is 3. The lowest BCUT2D eigenvalue weighted by Gasteiger charge is -2.37. The molecule has 2 aromatic carbocycles. The van der Waals surface area contributed by atoms with E-state index in [1.54, 1.807) is 27.9 Å². The third-order valence-corrected chi connectivity index (χ3v) is 6.34. The number of amides is 1. The Bertz CT molecular complexity index is 1260. The van der Waals surface area contributed by atoms with Crippen molar-refractivity contribution in [2.24, 2.45) is 7.05 Å². The molecule has 0 unspecified atom stereocenters. The fourth-order valence-corrected chi connectivity index (χ4v) is 4.84. The molecule has 5 nitrogen and oxygen atoms in total. The van der Waals surface area contributed by atoms with Gasteiger partial charge in [-0.2, -0.15) is 5.10 Å². The molecule has 31 heavy (non-hydrogen) atoms. The van der Waals surface area contributed by atoms with E-state index >= 15 is 4.39 Å². The Hall–Kier alpha value is -3.12. The SMILES string of the molecule is Cn1cc(CCC(=O)N2CCc3c([nH]c4ccccc34)[C@H]2c2c(F)cccc2Cl)cn1. The zero-order valence-corrected chi connectivity index (χ0v) is 17.9. The molecule has 1 amide bonds. The zero-order valence-electron chi connectivity index (χ0n) is 17.1. The number of nitrogens with one attached hydrogen (secondary N) is 1. The molecule has 4 aromatic rings. The van der Waals surface area contributed by atoms with Crippen molar-refractivity contribution in [2.45, 2.75) is 25.3 Å². The molecule has 1 N–H and O–H groups in total. The van der Waals surface area contributed by atoms with E-state index in [0.29, 0.717) is 36.4 Å². The Labute approximate surface area is 184 Å². The van der Waals surface area contributed by atoms with E-state index in [1.165, 1.54) is 6.07 Å². The van der Waals surface area contributed by atoms with Crippen molar-refractivity contribution in [3.8, 4) is 0 Å². The summed E-state index contributed by atoms with van der Waals surface area (Å²) in [5.74, 6) is -0.438.